The molecule has 6 heteroatoms. The Morgan fingerprint density at radius 3 is 1.86 bits per heavy atom. The number of aliphatic imine (C=N–C) groups is 4. The molecular formula is C22H12N4O2. The van der Waals surface area contributed by atoms with Crippen LogP contribution < -0.4 is 0 Å². The van der Waals surface area contributed by atoms with Gasteiger partial charge in [0.15, 0.2) is 12.6 Å². The van der Waals surface area contributed by atoms with Crippen LogP contribution >= 0.6 is 0 Å². The summed E-state index contributed by atoms with van der Waals surface area (Å²) < 4.78 is 0. The molecule has 5 rings (SSSR count). The topological polar surface area (TPSA) is 83.6 Å². The van der Waals surface area contributed by atoms with Gasteiger partial charge in [0.2, 0.25) is 0 Å². The zero-order valence-electron chi connectivity index (χ0n) is 14.5. The Bertz CT molecular complexity index is 1210. The lowest BCUT2D eigenvalue weighted by molar-refractivity contribution is -0.105. The highest BCUT2D eigenvalue weighted by Gasteiger charge is 2.20. The smallest absolute Gasteiger partial charge is 0.154 e. The van der Waals surface area contributed by atoms with Gasteiger partial charge in [-0.05, 0) is 60.8 Å². The van der Waals surface area contributed by atoms with Gasteiger partial charge in [0.1, 0.15) is 0 Å². The third-order valence-corrected chi connectivity index (χ3v) is 4.58. The van der Waals surface area contributed by atoms with Crippen LogP contribution in [0.2, 0.25) is 0 Å². The van der Waals surface area contributed by atoms with Crippen LogP contribution in [0.5, 0.6) is 0 Å². The van der Waals surface area contributed by atoms with E-state index in [2.05, 4.69) is 20.0 Å². The monoisotopic (exact) mass is 364 g/mol. The van der Waals surface area contributed by atoms with Crippen molar-refractivity contribution >= 4 is 35.4 Å². The molecule has 0 N–H and O–H groups in total. The standard InChI is InChI=1S/C22H12N4O2/c27-11-17-19-5-3-15(24-19)9-13-1-2-14(23-13)10-16-4-6-20(25-16)18(12-28)22-8-7-21(17)26-22/h1-12H. The van der Waals surface area contributed by atoms with Crippen LogP contribution in [0.4, 0.5) is 0 Å². The molecule has 5 heterocycles. The molecule has 8 bridgehead atoms. The molecule has 5 aliphatic rings. The van der Waals surface area contributed by atoms with Gasteiger partial charge in [-0.2, -0.15) is 0 Å². The fourth-order valence-electron chi connectivity index (χ4n) is 3.24. The van der Waals surface area contributed by atoms with Crippen molar-refractivity contribution in [3.8, 4) is 0 Å². The lowest BCUT2D eigenvalue weighted by Crippen LogP contribution is -2.03. The van der Waals surface area contributed by atoms with Gasteiger partial charge >= 0.3 is 0 Å². The highest BCUT2D eigenvalue weighted by Crippen LogP contribution is 2.25. The van der Waals surface area contributed by atoms with E-state index in [9.17, 15) is 9.59 Å². The van der Waals surface area contributed by atoms with Crippen molar-refractivity contribution in [1.29, 1.82) is 0 Å². The van der Waals surface area contributed by atoms with Crippen LogP contribution in [0.15, 0.2) is 115 Å². The quantitative estimate of drug-likeness (QED) is 0.706. The van der Waals surface area contributed by atoms with Crippen molar-refractivity contribution in [2.24, 2.45) is 20.0 Å². The van der Waals surface area contributed by atoms with Crippen molar-refractivity contribution in [2.75, 3.05) is 0 Å². The van der Waals surface area contributed by atoms with Gasteiger partial charge in [-0.25, -0.2) is 20.0 Å². The molecule has 0 amide bonds. The molecule has 5 aliphatic heterocycles. The number of carbonyl (C=O) groups excluding carboxylic acids is 2. The third-order valence-electron chi connectivity index (χ3n) is 4.58. The Kier molecular flexibility index (Phi) is 3.62. The first-order chi connectivity index (χ1) is 13.7. The van der Waals surface area contributed by atoms with E-state index < -0.39 is 0 Å². The zero-order chi connectivity index (χ0) is 19.1. The van der Waals surface area contributed by atoms with Crippen molar-refractivity contribution in [2.45, 2.75) is 0 Å². The van der Waals surface area contributed by atoms with E-state index in [-0.39, 0.29) is 0 Å². The molecule has 0 aromatic rings. The molecule has 0 fully saturated rings. The first-order valence-corrected chi connectivity index (χ1v) is 8.64. The van der Waals surface area contributed by atoms with E-state index in [1.54, 1.807) is 24.3 Å². The normalized spacial score (nSPS) is 21.6. The molecule has 0 saturated carbocycles. The lowest BCUT2D eigenvalue weighted by Gasteiger charge is -2.01. The summed E-state index contributed by atoms with van der Waals surface area (Å²) in [6, 6.07) is 0. The molecule has 0 atom stereocenters. The predicted molar refractivity (Wildman–Crippen MR) is 109 cm³/mol. The Morgan fingerprint density at radius 2 is 1.07 bits per heavy atom. The molecule has 0 radical (unpaired) electrons. The average molecular weight is 364 g/mol. The Balaban J connectivity index is 1.75. The molecule has 0 unspecified atom stereocenters. The predicted octanol–water partition coefficient (Wildman–Crippen LogP) is 2.72. The number of rotatable bonds is 2. The van der Waals surface area contributed by atoms with Gasteiger partial charge in [-0.1, -0.05) is 0 Å². The number of allylic oxidation sites excluding steroid dienone is 12. The van der Waals surface area contributed by atoms with Gasteiger partial charge < -0.3 is 0 Å². The van der Waals surface area contributed by atoms with Crippen molar-refractivity contribution < 1.29 is 9.59 Å². The number of nitrogens with zero attached hydrogens (tertiary/aromatic N) is 4. The number of hydrogen-bond acceptors (Lipinski definition) is 6. The number of carbonyl (C=O) groups is 2. The number of fused-ring (bicyclic) bond motifs is 4. The fraction of sp³-hybridized carbons (Fsp3) is 0. The number of aldehydes is 2. The van der Waals surface area contributed by atoms with E-state index in [0.717, 1.165) is 24.0 Å². The summed E-state index contributed by atoms with van der Waals surface area (Å²) >= 11 is 0. The summed E-state index contributed by atoms with van der Waals surface area (Å²) in [6.07, 6.45) is 19.5. The van der Waals surface area contributed by atoms with Crippen LogP contribution in [0.3, 0.4) is 0 Å². The fourth-order valence-corrected chi connectivity index (χ4v) is 3.24. The summed E-state index contributed by atoms with van der Waals surface area (Å²) in [5.41, 5.74) is 5.63. The highest BCUT2D eigenvalue weighted by molar-refractivity contribution is 6.26. The molecule has 0 aromatic carbocycles. The summed E-state index contributed by atoms with van der Waals surface area (Å²) in [4.78, 5) is 41.5. The Hall–Kier alpha value is -4.06. The molecule has 132 valence electrons. The number of hydrogen-bond donors (Lipinski definition) is 0. The van der Waals surface area contributed by atoms with Crippen molar-refractivity contribution in [3.05, 3.63) is 94.7 Å². The maximum absolute atomic E-state index is 11.7. The van der Waals surface area contributed by atoms with E-state index in [4.69, 9.17) is 0 Å². The summed E-state index contributed by atoms with van der Waals surface area (Å²) in [6.45, 7) is 0. The first-order valence-electron chi connectivity index (χ1n) is 8.64. The minimum atomic E-state index is 0.365. The molecule has 28 heavy (non-hydrogen) atoms. The van der Waals surface area contributed by atoms with E-state index >= 15 is 0 Å². The van der Waals surface area contributed by atoms with Gasteiger partial charge in [0, 0.05) is 0 Å². The SMILES string of the molecule is O=CC1=C2C=CC(=N2)C=C2C=CC(=N2)C=C2C=CC(=N2)C(C=O)=C2C=CC1=N2. The Labute approximate surface area is 160 Å². The maximum atomic E-state index is 11.7. The third kappa shape index (κ3) is 2.68. The second-order valence-corrected chi connectivity index (χ2v) is 6.37. The van der Waals surface area contributed by atoms with Gasteiger partial charge in [0.05, 0.1) is 56.8 Å². The van der Waals surface area contributed by atoms with Crippen molar-refractivity contribution in [3.63, 3.8) is 0 Å². The lowest BCUT2D eigenvalue weighted by atomic mass is 10.1. The molecular weight excluding hydrogens is 352 g/mol. The zero-order valence-corrected chi connectivity index (χ0v) is 14.5. The highest BCUT2D eigenvalue weighted by atomic mass is 16.1. The van der Waals surface area contributed by atoms with Gasteiger partial charge in [0.25, 0.3) is 0 Å². The van der Waals surface area contributed by atoms with Crippen LogP contribution in [0.1, 0.15) is 0 Å². The van der Waals surface area contributed by atoms with E-state index in [0.29, 0.717) is 45.4 Å². The van der Waals surface area contributed by atoms with Crippen LogP contribution in [-0.4, -0.2) is 35.4 Å². The minimum Gasteiger partial charge on any atom is -0.298 e. The summed E-state index contributed by atoms with van der Waals surface area (Å²) in [5.74, 6) is 0. The second-order valence-electron chi connectivity index (χ2n) is 6.37. The van der Waals surface area contributed by atoms with Crippen molar-refractivity contribution in [1.82, 2.24) is 0 Å². The van der Waals surface area contributed by atoms with Crippen LogP contribution in [0.25, 0.3) is 0 Å². The molecule has 0 saturated heterocycles. The van der Waals surface area contributed by atoms with Crippen LogP contribution in [0, 0.1) is 0 Å². The summed E-state index contributed by atoms with van der Waals surface area (Å²) in [5, 5.41) is 0. The van der Waals surface area contributed by atoms with E-state index in [1.807, 2.05) is 36.5 Å². The molecule has 6 nitrogen and oxygen atoms in total. The summed E-state index contributed by atoms with van der Waals surface area (Å²) in [7, 11) is 0. The first kappa shape index (κ1) is 16.1. The minimum absolute atomic E-state index is 0.365. The second kappa shape index (κ2) is 6.28. The average Bonchev–Trinajstić information content (AvgIpc) is 3.46. The van der Waals surface area contributed by atoms with E-state index in [1.165, 1.54) is 0 Å². The van der Waals surface area contributed by atoms with Gasteiger partial charge in [-0.15, -0.1) is 0 Å². The Morgan fingerprint density at radius 1 is 0.536 bits per heavy atom. The molecule has 0 spiro atoms. The molecule has 0 aliphatic carbocycles. The van der Waals surface area contributed by atoms with Gasteiger partial charge in [-0.3, -0.25) is 9.59 Å². The van der Waals surface area contributed by atoms with Crippen LogP contribution in [-0.2, 0) is 9.59 Å². The molecule has 0 aromatic heterocycles. The maximum Gasteiger partial charge on any atom is 0.154 e. The largest absolute Gasteiger partial charge is 0.298 e.